The van der Waals surface area contributed by atoms with E-state index in [1.807, 2.05) is 0 Å². The number of ether oxygens (including phenoxy) is 2. The molecule has 0 spiro atoms. The van der Waals surface area contributed by atoms with Crippen LogP contribution in [0.4, 0.5) is 10.5 Å². The molecule has 3 N–H and O–H groups in total. The molecule has 1 heterocycles. The highest BCUT2D eigenvalue weighted by atomic mass is 16.5. The number of nitrogens with two attached hydrogens (primary N) is 1. The van der Waals surface area contributed by atoms with Crippen LogP contribution in [0.3, 0.4) is 0 Å². The molecule has 41 heavy (non-hydrogen) atoms. The smallest absolute Gasteiger partial charge is 0.435 e. The van der Waals surface area contributed by atoms with Gasteiger partial charge in [-0.15, -0.1) is 0 Å². The zero-order valence-corrected chi connectivity index (χ0v) is 24.9. The van der Waals surface area contributed by atoms with Gasteiger partial charge in [-0.2, -0.15) is 4.99 Å². The van der Waals surface area contributed by atoms with E-state index in [1.54, 1.807) is 24.3 Å². The Morgan fingerprint density at radius 2 is 1.63 bits per heavy atom. The Morgan fingerprint density at radius 3 is 2.34 bits per heavy atom. The zero-order chi connectivity index (χ0) is 29.3. The molecule has 9 heteroatoms. The Balaban J connectivity index is 1.28. The second-order valence-corrected chi connectivity index (χ2v) is 11.5. The van der Waals surface area contributed by atoms with Crippen molar-refractivity contribution in [1.82, 2.24) is 4.90 Å². The van der Waals surface area contributed by atoms with Crippen molar-refractivity contribution in [3.63, 3.8) is 0 Å². The number of piperidine rings is 1. The van der Waals surface area contributed by atoms with E-state index in [2.05, 4.69) is 22.1 Å². The minimum Gasteiger partial charge on any atom is -0.461 e. The minimum atomic E-state index is -0.682. The highest BCUT2D eigenvalue weighted by molar-refractivity contribution is 6.03. The first-order chi connectivity index (χ1) is 19.9. The van der Waals surface area contributed by atoms with E-state index in [0.717, 1.165) is 77.3 Å². The average molecular weight is 571 g/mol. The lowest BCUT2D eigenvalue weighted by molar-refractivity contribution is -0.152. The number of esters is 1. The maximum atomic E-state index is 12.5. The molecule has 0 unspecified atom stereocenters. The lowest BCUT2D eigenvalue weighted by Gasteiger charge is -2.31. The highest BCUT2D eigenvalue weighted by Crippen LogP contribution is 2.24. The molecular weight excluding hydrogens is 520 g/mol. The summed E-state index contributed by atoms with van der Waals surface area (Å²) in [5.74, 6) is 0.434. The first-order valence-corrected chi connectivity index (χ1v) is 15.8. The molecule has 0 radical (unpaired) electrons. The van der Waals surface area contributed by atoms with Gasteiger partial charge in [-0.05, 0) is 94.6 Å². The molecule has 0 bridgehead atoms. The van der Waals surface area contributed by atoms with Gasteiger partial charge < -0.3 is 20.5 Å². The van der Waals surface area contributed by atoms with Crippen LogP contribution in [0.15, 0.2) is 29.3 Å². The molecule has 1 aromatic carbocycles. The van der Waals surface area contributed by atoms with Crippen molar-refractivity contribution in [3.05, 3.63) is 29.8 Å². The summed E-state index contributed by atoms with van der Waals surface area (Å²) in [5.41, 5.74) is 7.24. The van der Waals surface area contributed by atoms with Crippen molar-refractivity contribution in [2.75, 3.05) is 31.6 Å². The number of nitrogens with zero attached hydrogens (tertiary/aromatic N) is 2. The molecule has 9 nitrogen and oxygen atoms in total. The average Bonchev–Trinajstić information content (AvgIpc) is 2.97. The van der Waals surface area contributed by atoms with Gasteiger partial charge in [-0.3, -0.25) is 14.5 Å². The van der Waals surface area contributed by atoms with Crippen LogP contribution < -0.4 is 11.1 Å². The SMILES string of the molecule is CCCCCCCCOC(=O)/N=C(\N)c1ccc(NC(=O)CCC2CCN(CC(=O)OC3CCCCC3)CC2)cc1. The van der Waals surface area contributed by atoms with Crippen LogP contribution in [0.1, 0.15) is 109 Å². The van der Waals surface area contributed by atoms with Crippen LogP contribution >= 0.6 is 0 Å². The van der Waals surface area contributed by atoms with Crippen LogP contribution in [0, 0.1) is 5.92 Å². The summed E-state index contributed by atoms with van der Waals surface area (Å²) in [6.45, 7) is 4.63. The summed E-state index contributed by atoms with van der Waals surface area (Å²) in [5, 5.41) is 2.93. The number of amides is 2. The molecule has 0 aromatic heterocycles. The summed E-state index contributed by atoms with van der Waals surface area (Å²) in [4.78, 5) is 42.8. The number of likely N-dealkylation sites (tertiary alicyclic amines) is 1. The van der Waals surface area contributed by atoms with E-state index in [1.165, 1.54) is 25.7 Å². The van der Waals surface area contributed by atoms with Gasteiger partial charge in [0.1, 0.15) is 11.9 Å². The number of hydrogen-bond acceptors (Lipinski definition) is 6. The first kappa shape index (κ1) is 32.6. The van der Waals surface area contributed by atoms with E-state index in [0.29, 0.717) is 36.7 Å². The molecular formula is C32H50N4O5. The molecule has 1 saturated carbocycles. The Bertz CT molecular complexity index is 967. The molecule has 2 amide bonds. The quantitative estimate of drug-likeness (QED) is 0.111. The number of nitrogens with one attached hydrogen (secondary N) is 1. The molecule has 1 aliphatic heterocycles. The number of rotatable bonds is 15. The molecule has 3 rings (SSSR count). The number of hydrogen-bond donors (Lipinski definition) is 2. The van der Waals surface area contributed by atoms with Gasteiger partial charge >= 0.3 is 12.1 Å². The van der Waals surface area contributed by atoms with Crippen molar-refractivity contribution in [3.8, 4) is 0 Å². The van der Waals surface area contributed by atoms with Crippen molar-refractivity contribution in [1.29, 1.82) is 0 Å². The number of amidine groups is 1. The fourth-order valence-corrected chi connectivity index (χ4v) is 5.54. The van der Waals surface area contributed by atoms with Gasteiger partial charge in [0.15, 0.2) is 0 Å². The van der Waals surface area contributed by atoms with Crippen molar-refractivity contribution < 1.29 is 23.9 Å². The standard InChI is InChI=1S/C32H50N4O5/c1-2-3-4-5-6-10-23-40-32(39)35-31(33)26-14-16-27(17-15-26)34-29(37)18-13-25-19-21-36(22-20-25)24-30(38)41-28-11-8-7-9-12-28/h14-17,25,28H,2-13,18-24H2,1H3,(H,34,37)(H2,33,35,39). The topological polar surface area (TPSA) is 123 Å². The van der Waals surface area contributed by atoms with Gasteiger partial charge in [0.25, 0.3) is 0 Å². The summed E-state index contributed by atoms with van der Waals surface area (Å²) < 4.78 is 10.8. The number of carbonyl (C=O) groups excluding carboxylic acids is 3. The Kier molecular flexibility index (Phi) is 14.7. The molecule has 1 aromatic rings. The van der Waals surface area contributed by atoms with Crippen molar-refractivity contribution >= 4 is 29.5 Å². The monoisotopic (exact) mass is 570 g/mol. The third kappa shape index (κ3) is 13.1. The molecule has 1 aliphatic carbocycles. The molecule has 2 fully saturated rings. The fraction of sp³-hybridized carbons (Fsp3) is 0.688. The van der Waals surface area contributed by atoms with Crippen LogP contribution in [0.2, 0.25) is 0 Å². The predicted molar refractivity (Wildman–Crippen MR) is 162 cm³/mol. The van der Waals surface area contributed by atoms with Crippen LogP contribution in [-0.4, -0.2) is 61.1 Å². The van der Waals surface area contributed by atoms with E-state index in [4.69, 9.17) is 15.2 Å². The Hall–Kier alpha value is -2.94. The highest BCUT2D eigenvalue weighted by Gasteiger charge is 2.24. The van der Waals surface area contributed by atoms with Gasteiger partial charge in [0.05, 0.1) is 13.2 Å². The summed E-state index contributed by atoms with van der Waals surface area (Å²) in [7, 11) is 0. The molecule has 2 aliphatic rings. The minimum absolute atomic E-state index is 0.0313. The maximum absolute atomic E-state index is 12.5. The van der Waals surface area contributed by atoms with Crippen molar-refractivity contribution in [2.45, 2.75) is 109 Å². The van der Waals surface area contributed by atoms with Crippen molar-refractivity contribution in [2.24, 2.45) is 16.6 Å². The maximum Gasteiger partial charge on any atom is 0.435 e. The second-order valence-electron chi connectivity index (χ2n) is 11.5. The van der Waals surface area contributed by atoms with E-state index in [9.17, 15) is 14.4 Å². The number of unbranched alkanes of at least 4 members (excludes halogenated alkanes) is 5. The fourth-order valence-electron chi connectivity index (χ4n) is 5.54. The van der Waals surface area contributed by atoms with Crippen LogP contribution in [0.25, 0.3) is 0 Å². The van der Waals surface area contributed by atoms with E-state index in [-0.39, 0.29) is 23.8 Å². The van der Waals surface area contributed by atoms with E-state index < -0.39 is 6.09 Å². The zero-order valence-electron chi connectivity index (χ0n) is 24.9. The molecule has 228 valence electrons. The second kappa shape index (κ2) is 18.5. The Morgan fingerprint density at radius 1 is 0.951 bits per heavy atom. The first-order valence-electron chi connectivity index (χ1n) is 15.8. The number of aliphatic imine (C=N–C) groups is 1. The number of benzene rings is 1. The number of anilines is 1. The normalized spacial score (nSPS) is 17.2. The lowest BCUT2D eigenvalue weighted by Crippen LogP contribution is -2.39. The Labute approximate surface area is 245 Å². The largest absolute Gasteiger partial charge is 0.461 e. The lowest BCUT2D eigenvalue weighted by atomic mass is 9.92. The summed E-state index contributed by atoms with van der Waals surface area (Å²) >= 11 is 0. The molecule has 1 saturated heterocycles. The van der Waals surface area contributed by atoms with Crippen LogP contribution in [-0.2, 0) is 19.1 Å². The predicted octanol–water partition coefficient (Wildman–Crippen LogP) is 6.20. The van der Waals surface area contributed by atoms with E-state index >= 15 is 0 Å². The van der Waals surface area contributed by atoms with Gasteiger partial charge in [-0.1, -0.05) is 45.4 Å². The third-order valence-electron chi connectivity index (χ3n) is 8.09. The molecule has 0 atom stereocenters. The number of carbonyl (C=O) groups is 3. The third-order valence-corrected chi connectivity index (χ3v) is 8.09. The van der Waals surface area contributed by atoms with Gasteiger partial charge in [-0.25, -0.2) is 4.79 Å². The van der Waals surface area contributed by atoms with Gasteiger partial charge in [0, 0.05) is 17.7 Å². The van der Waals surface area contributed by atoms with Gasteiger partial charge in [0.2, 0.25) is 5.91 Å². The summed E-state index contributed by atoms with van der Waals surface area (Å²) in [6, 6.07) is 6.96. The van der Waals surface area contributed by atoms with Crippen LogP contribution in [0.5, 0.6) is 0 Å². The summed E-state index contributed by atoms with van der Waals surface area (Å²) in [6.07, 6.45) is 14.9.